The zero-order valence-corrected chi connectivity index (χ0v) is 16.7. The van der Waals surface area contributed by atoms with Crippen molar-refractivity contribution in [3.8, 4) is 0 Å². The molecule has 0 fully saturated rings. The van der Waals surface area contributed by atoms with E-state index in [1.165, 1.54) is 12.8 Å². The van der Waals surface area contributed by atoms with E-state index < -0.39 is 15.4 Å². The zero-order valence-electron chi connectivity index (χ0n) is 15.9. The average Bonchev–Trinajstić information content (AvgIpc) is 2.51. The molecule has 0 aromatic heterocycles. The second-order valence-corrected chi connectivity index (χ2v) is 8.82. The highest BCUT2D eigenvalue weighted by Gasteiger charge is 2.21. The fraction of sp³-hybridized carbons (Fsp3) is 1.00. The Bertz CT molecular complexity index is 368. The summed E-state index contributed by atoms with van der Waals surface area (Å²) in [5.41, 5.74) is 0. The smallest absolute Gasteiger partial charge is 0.267 e. The van der Waals surface area contributed by atoms with Crippen LogP contribution in [0.5, 0.6) is 0 Å². The minimum Gasteiger partial charge on any atom is -0.393 e. The zero-order chi connectivity index (χ0) is 18.3. The Morgan fingerprint density at radius 3 is 1.58 bits per heavy atom. The van der Waals surface area contributed by atoms with E-state index in [0.717, 1.165) is 70.6 Å². The second-order valence-electron chi connectivity index (χ2n) is 7.13. The molecule has 0 aliphatic carbocycles. The molecular weight excluding hydrogens is 324 g/mol. The lowest BCUT2D eigenvalue weighted by Crippen LogP contribution is -2.20. The number of aliphatic hydroxyl groups excluding tert-OH is 1. The fourth-order valence-electron chi connectivity index (χ4n) is 3.11. The third-order valence-electron chi connectivity index (χ3n) is 4.76. The van der Waals surface area contributed by atoms with Crippen molar-refractivity contribution >= 4 is 10.1 Å². The molecule has 0 aromatic carbocycles. The summed E-state index contributed by atoms with van der Waals surface area (Å²) in [6, 6.07) is 0. The molecule has 0 radical (unpaired) electrons. The van der Waals surface area contributed by atoms with Crippen LogP contribution in [-0.4, -0.2) is 29.4 Å². The predicted octanol–water partition coefficient (Wildman–Crippen LogP) is 5.50. The van der Waals surface area contributed by atoms with Crippen molar-refractivity contribution in [1.82, 2.24) is 0 Å². The lowest BCUT2D eigenvalue weighted by Gasteiger charge is -2.13. The lowest BCUT2D eigenvalue weighted by atomic mass is 10.0. The summed E-state index contributed by atoms with van der Waals surface area (Å²) in [5, 5.41) is 9.27. The monoisotopic (exact) mass is 364 g/mol. The topological polar surface area (TPSA) is 74.6 Å². The van der Waals surface area contributed by atoms with Gasteiger partial charge in [0.2, 0.25) is 0 Å². The molecule has 4 nitrogen and oxygen atoms in total. The quantitative estimate of drug-likeness (QED) is 0.264. The first-order chi connectivity index (χ1) is 11.4. The van der Waals surface area contributed by atoms with Gasteiger partial charge >= 0.3 is 0 Å². The van der Waals surface area contributed by atoms with Gasteiger partial charge in [0.05, 0.1) is 11.4 Å². The van der Waals surface area contributed by atoms with E-state index >= 15 is 0 Å². The molecule has 2 unspecified atom stereocenters. The molecule has 146 valence electrons. The van der Waals surface area contributed by atoms with Gasteiger partial charge < -0.3 is 5.11 Å². The van der Waals surface area contributed by atoms with Crippen LogP contribution in [-0.2, 0) is 10.1 Å². The minimum atomic E-state index is -3.89. The van der Waals surface area contributed by atoms with E-state index in [9.17, 15) is 18.1 Å². The van der Waals surface area contributed by atoms with Crippen molar-refractivity contribution in [1.29, 1.82) is 0 Å². The molecule has 0 aliphatic heterocycles. The number of aliphatic hydroxyl groups is 1. The first-order valence-corrected chi connectivity index (χ1v) is 11.6. The maximum absolute atomic E-state index is 11.3. The summed E-state index contributed by atoms with van der Waals surface area (Å²) in [6.07, 6.45) is 14.6. The molecule has 0 amide bonds. The lowest BCUT2D eigenvalue weighted by molar-refractivity contribution is 0.147. The normalized spacial score (nSPS) is 14.7. The highest BCUT2D eigenvalue weighted by molar-refractivity contribution is 7.86. The molecule has 24 heavy (non-hydrogen) atoms. The van der Waals surface area contributed by atoms with Crippen LogP contribution in [0.3, 0.4) is 0 Å². The van der Waals surface area contributed by atoms with Gasteiger partial charge in [-0.2, -0.15) is 8.42 Å². The summed E-state index contributed by atoms with van der Waals surface area (Å²) in [5.74, 6) is 0. The van der Waals surface area contributed by atoms with Gasteiger partial charge in [-0.25, -0.2) is 0 Å². The maximum atomic E-state index is 11.3. The van der Waals surface area contributed by atoms with Gasteiger partial charge in [0.1, 0.15) is 0 Å². The summed E-state index contributed by atoms with van der Waals surface area (Å²) < 4.78 is 31.9. The molecule has 0 rings (SSSR count). The Balaban J connectivity index is 3.58. The Morgan fingerprint density at radius 1 is 0.667 bits per heavy atom. The van der Waals surface area contributed by atoms with E-state index in [4.69, 9.17) is 0 Å². The number of hydrogen-bond donors (Lipinski definition) is 2. The summed E-state index contributed by atoms with van der Waals surface area (Å²) >= 11 is 0. The second kappa shape index (κ2) is 15.2. The number of unbranched alkanes of at least 4 members (excludes halogenated alkanes) is 8. The third-order valence-corrected chi connectivity index (χ3v) is 6.07. The van der Waals surface area contributed by atoms with E-state index in [1.807, 2.05) is 6.92 Å². The standard InChI is InChI=1S/C19H40O4S/c1-3-5-11-14-18(20)15-12-9-7-8-10-13-17-19(16-6-4-2)24(21,22)23/h18-20H,3-17H2,1-2H3,(H,21,22,23). The van der Waals surface area contributed by atoms with Gasteiger partial charge in [-0.1, -0.05) is 84.5 Å². The molecule has 0 spiro atoms. The number of hydrogen-bond acceptors (Lipinski definition) is 3. The van der Waals surface area contributed by atoms with Gasteiger partial charge in [0, 0.05) is 0 Å². The molecular formula is C19H40O4S. The minimum absolute atomic E-state index is 0.134. The van der Waals surface area contributed by atoms with Crippen LogP contribution in [0.1, 0.15) is 110 Å². The Kier molecular flexibility index (Phi) is 15.1. The van der Waals surface area contributed by atoms with Gasteiger partial charge in [0.25, 0.3) is 10.1 Å². The van der Waals surface area contributed by atoms with Crippen LogP contribution in [0.15, 0.2) is 0 Å². The van der Waals surface area contributed by atoms with Crippen molar-refractivity contribution in [3.63, 3.8) is 0 Å². The van der Waals surface area contributed by atoms with Crippen molar-refractivity contribution in [3.05, 3.63) is 0 Å². The molecule has 0 heterocycles. The molecule has 0 saturated heterocycles. The van der Waals surface area contributed by atoms with E-state index in [1.54, 1.807) is 0 Å². The first kappa shape index (κ1) is 23.9. The van der Waals surface area contributed by atoms with Crippen LogP contribution in [0.25, 0.3) is 0 Å². The van der Waals surface area contributed by atoms with E-state index in [-0.39, 0.29) is 6.10 Å². The van der Waals surface area contributed by atoms with Crippen LogP contribution in [0, 0.1) is 0 Å². The van der Waals surface area contributed by atoms with Crippen molar-refractivity contribution in [2.75, 3.05) is 0 Å². The Hall–Kier alpha value is -0.130. The van der Waals surface area contributed by atoms with E-state index in [2.05, 4.69) is 6.92 Å². The van der Waals surface area contributed by atoms with Gasteiger partial charge in [-0.3, -0.25) is 4.55 Å². The van der Waals surface area contributed by atoms with Gasteiger partial charge in [-0.05, 0) is 25.7 Å². The molecule has 0 aliphatic rings. The molecule has 2 atom stereocenters. The Morgan fingerprint density at radius 2 is 1.08 bits per heavy atom. The van der Waals surface area contributed by atoms with Crippen LogP contribution >= 0.6 is 0 Å². The summed E-state index contributed by atoms with van der Waals surface area (Å²) in [4.78, 5) is 0. The summed E-state index contributed by atoms with van der Waals surface area (Å²) in [6.45, 7) is 4.20. The van der Waals surface area contributed by atoms with Crippen molar-refractivity contribution in [2.45, 2.75) is 122 Å². The highest BCUT2D eigenvalue weighted by atomic mass is 32.2. The van der Waals surface area contributed by atoms with Crippen LogP contribution in [0.2, 0.25) is 0 Å². The molecule has 0 aromatic rings. The van der Waals surface area contributed by atoms with Gasteiger partial charge in [-0.15, -0.1) is 0 Å². The molecule has 0 bridgehead atoms. The summed E-state index contributed by atoms with van der Waals surface area (Å²) in [7, 11) is -3.89. The number of rotatable bonds is 17. The average molecular weight is 365 g/mol. The fourth-order valence-corrected chi connectivity index (χ4v) is 4.04. The first-order valence-electron chi connectivity index (χ1n) is 10.1. The van der Waals surface area contributed by atoms with Gasteiger partial charge in [0.15, 0.2) is 0 Å². The predicted molar refractivity (Wildman–Crippen MR) is 102 cm³/mol. The van der Waals surface area contributed by atoms with Crippen LogP contribution in [0.4, 0.5) is 0 Å². The molecule has 2 N–H and O–H groups in total. The van der Waals surface area contributed by atoms with Crippen LogP contribution < -0.4 is 0 Å². The Labute approximate surface area is 150 Å². The highest BCUT2D eigenvalue weighted by Crippen LogP contribution is 2.18. The maximum Gasteiger partial charge on any atom is 0.267 e. The largest absolute Gasteiger partial charge is 0.393 e. The molecule has 5 heteroatoms. The third kappa shape index (κ3) is 14.2. The SMILES string of the molecule is CCCCCC(O)CCCCCCCCC(CCCC)S(=O)(=O)O. The van der Waals surface area contributed by atoms with Crippen molar-refractivity contribution in [2.24, 2.45) is 0 Å². The van der Waals surface area contributed by atoms with Crippen molar-refractivity contribution < 1.29 is 18.1 Å². The van der Waals surface area contributed by atoms with E-state index in [0.29, 0.717) is 12.8 Å². The molecule has 0 saturated carbocycles.